The molecule has 0 bridgehead atoms. The molecule has 0 aromatic rings. The van der Waals surface area contributed by atoms with Crippen LogP contribution in [0.25, 0.3) is 0 Å². The Bertz CT molecular complexity index is 311. The average molecular weight is 249 g/mol. The van der Waals surface area contributed by atoms with Crippen LogP contribution in [0.4, 0.5) is 0 Å². The second kappa shape index (κ2) is 5.47. The van der Waals surface area contributed by atoms with Gasteiger partial charge in [0, 0.05) is 12.8 Å². The van der Waals surface area contributed by atoms with Crippen LogP contribution in [0, 0.1) is 0 Å². The number of hydrogen-bond donors (Lipinski definition) is 1. The standard InChI is InChI=1S/C11H23NO3S/c1-11(2)6-5-10(15-11)9-12-7-4-8-16(3,13)14/h10,12H,4-9H2,1-3H3. The van der Waals surface area contributed by atoms with Crippen molar-refractivity contribution in [2.24, 2.45) is 0 Å². The van der Waals surface area contributed by atoms with Crippen molar-refractivity contribution in [2.75, 3.05) is 25.1 Å². The molecule has 5 heteroatoms. The summed E-state index contributed by atoms with van der Waals surface area (Å²) >= 11 is 0. The maximum absolute atomic E-state index is 10.9. The van der Waals surface area contributed by atoms with Gasteiger partial charge in [-0.05, 0) is 39.7 Å². The molecule has 4 nitrogen and oxygen atoms in total. The lowest BCUT2D eigenvalue weighted by Crippen LogP contribution is -2.30. The van der Waals surface area contributed by atoms with E-state index >= 15 is 0 Å². The molecule has 1 saturated heterocycles. The Balaban J connectivity index is 2.05. The van der Waals surface area contributed by atoms with Crippen molar-refractivity contribution in [3.63, 3.8) is 0 Å². The summed E-state index contributed by atoms with van der Waals surface area (Å²) in [4.78, 5) is 0. The lowest BCUT2D eigenvalue weighted by atomic mass is 10.1. The van der Waals surface area contributed by atoms with E-state index in [1.54, 1.807) is 0 Å². The molecule has 0 aromatic heterocycles. The molecule has 0 saturated carbocycles. The van der Waals surface area contributed by atoms with E-state index in [1.807, 2.05) is 0 Å². The Morgan fingerprint density at radius 2 is 2.12 bits per heavy atom. The Kier molecular flexibility index (Phi) is 4.76. The highest BCUT2D eigenvalue weighted by atomic mass is 32.2. The van der Waals surface area contributed by atoms with Crippen molar-refractivity contribution < 1.29 is 13.2 Å². The van der Waals surface area contributed by atoms with Crippen molar-refractivity contribution in [3.8, 4) is 0 Å². The van der Waals surface area contributed by atoms with Gasteiger partial charge in [-0.1, -0.05) is 0 Å². The van der Waals surface area contributed by atoms with Gasteiger partial charge in [0.2, 0.25) is 0 Å². The Morgan fingerprint density at radius 3 is 2.62 bits per heavy atom. The minimum absolute atomic E-state index is 0.0130. The van der Waals surface area contributed by atoms with Crippen LogP contribution in [-0.2, 0) is 14.6 Å². The van der Waals surface area contributed by atoms with Crippen molar-refractivity contribution in [3.05, 3.63) is 0 Å². The third kappa shape index (κ3) is 5.82. The summed E-state index contributed by atoms with van der Waals surface area (Å²) in [5.41, 5.74) is 0.0130. The summed E-state index contributed by atoms with van der Waals surface area (Å²) in [6.45, 7) is 5.79. The van der Waals surface area contributed by atoms with Gasteiger partial charge in [0.15, 0.2) is 0 Å². The summed E-state index contributed by atoms with van der Waals surface area (Å²) in [5, 5.41) is 3.25. The number of ether oxygens (including phenoxy) is 1. The van der Waals surface area contributed by atoms with E-state index in [2.05, 4.69) is 19.2 Å². The highest BCUT2D eigenvalue weighted by Crippen LogP contribution is 2.28. The maximum Gasteiger partial charge on any atom is 0.147 e. The summed E-state index contributed by atoms with van der Waals surface area (Å²) in [5.74, 6) is 0.261. The van der Waals surface area contributed by atoms with E-state index in [-0.39, 0.29) is 17.5 Å². The Labute approximate surface area is 98.7 Å². The molecule has 0 radical (unpaired) electrons. The van der Waals surface area contributed by atoms with Gasteiger partial charge >= 0.3 is 0 Å². The minimum atomic E-state index is -2.81. The van der Waals surface area contributed by atoms with Crippen LogP contribution in [0.5, 0.6) is 0 Å². The summed E-state index contributed by atoms with van der Waals surface area (Å²) in [7, 11) is -2.81. The molecular weight excluding hydrogens is 226 g/mol. The quantitative estimate of drug-likeness (QED) is 0.713. The van der Waals surface area contributed by atoms with E-state index < -0.39 is 9.84 Å². The van der Waals surface area contributed by atoms with E-state index in [9.17, 15) is 8.42 Å². The number of sulfone groups is 1. The fourth-order valence-corrected chi connectivity index (χ4v) is 2.61. The second-order valence-electron chi connectivity index (χ2n) is 5.23. The van der Waals surface area contributed by atoms with Crippen LogP contribution in [-0.4, -0.2) is 45.2 Å². The molecule has 1 heterocycles. The van der Waals surface area contributed by atoms with Gasteiger partial charge in [-0.2, -0.15) is 0 Å². The molecule has 16 heavy (non-hydrogen) atoms. The van der Waals surface area contributed by atoms with Crippen LogP contribution in [0.3, 0.4) is 0 Å². The first kappa shape index (κ1) is 13.9. The van der Waals surface area contributed by atoms with Gasteiger partial charge in [0.25, 0.3) is 0 Å². The summed E-state index contributed by atoms with van der Waals surface area (Å²) < 4.78 is 27.6. The molecule has 0 aliphatic carbocycles. The monoisotopic (exact) mass is 249 g/mol. The maximum atomic E-state index is 10.9. The Hall–Kier alpha value is -0.130. The van der Waals surface area contributed by atoms with E-state index in [1.165, 1.54) is 6.26 Å². The largest absolute Gasteiger partial charge is 0.371 e. The number of nitrogens with one attached hydrogen (secondary N) is 1. The first-order chi connectivity index (χ1) is 7.29. The molecule has 1 unspecified atom stereocenters. The van der Waals surface area contributed by atoms with Gasteiger partial charge in [0.05, 0.1) is 17.5 Å². The van der Waals surface area contributed by atoms with Crippen molar-refractivity contribution in [1.29, 1.82) is 0 Å². The fraction of sp³-hybridized carbons (Fsp3) is 1.00. The van der Waals surface area contributed by atoms with Crippen molar-refractivity contribution in [1.82, 2.24) is 5.32 Å². The third-order valence-corrected chi connectivity index (χ3v) is 3.83. The highest BCUT2D eigenvalue weighted by Gasteiger charge is 2.30. The van der Waals surface area contributed by atoms with Crippen LogP contribution < -0.4 is 5.32 Å². The predicted molar refractivity (Wildman–Crippen MR) is 65.4 cm³/mol. The number of hydrogen-bond acceptors (Lipinski definition) is 4. The minimum Gasteiger partial charge on any atom is -0.371 e. The molecule has 1 rings (SSSR count). The lowest BCUT2D eigenvalue weighted by molar-refractivity contribution is -0.0140. The lowest BCUT2D eigenvalue weighted by Gasteiger charge is -2.19. The van der Waals surface area contributed by atoms with Crippen LogP contribution in [0.15, 0.2) is 0 Å². The average Bonchev–Trinajstić information content (AvgIpc) is 2.43. The summed E-state index contributed by atoms with van der Waals surface area (Å²) in [6.07, 6.45) is 4.42. The normalized spacial score (nSPS) is 24.8. The van der Waals surface area contributed by atoms with Crippen molar-refractivity contribution in [2.45, 2.75) is 44.8 Å². The highest BCUT2D eigenvalue weighted by molar-refractivity contribution is 7.90. The SMILES string of the molecule is CC1(C)CCC(CNCCCS(C)(=O)=O)O1. The van der Waals surface area contributed by atoms with Gasteiger partial charge in [-0.15, -0.1) is 0 Å². The second-order valence-corrected chi connectivity index (χ2v) is 7.49. The van der Waals surface area contributed by atoms with Crippen LogP contribution >= 0.6 is 0 Å². The third-order valence-electron chi connectivity index (χ3n) is 2.79. The van der Waals surface area contributed by atoms with Crippen LogP contribution in [0.2, 0.25) is 0 Å². The fourth-order valence-electron chi connectivity index (χ4n) is 1.94. The zero-order valence-corrected chi connectivity index (χ0v) is 11.3. The zero-order valence-electron chi connectivity index (χ0n) is 10.5. The van der Waals surface area contributed by atoms with E-state index in [0.717, 1.165) is 25.9 Å². The van der Waals surface area contributed by atoms with Gasteiger partial charge in [-0.25, -0.2) is 8.42 Å². The topological polar surface area (TPSA) is 55.4 Å². The molecule has 1 atom stereocenters. The zero-order chi connectivity index (χ0) is 12.2. The smallest absolute Gasteiger partial charge is 0.147 e. The molecule has 1 aliphatic heterocycles. The molecule has 0 aromatic carbocycles. The Morgan fingerprint density at radius 1 is 1.44 bits per heavy atom. The predicted octanol–water partition coefficient (Wildman–Crippen LogP) is 0.968. The van der Waals surface area contributed by atoms with Gasteiger partial charge in [-0.3, -0.25) is 0 Å². The summed E-state index contributed by atoms with van der Waals surface area (Å²) in [6, 6.07) is 0. The van der Waals surface area contributed by atoms with Crippen molar-refractivity contribution >= 4 is 9.84 Å². The molecule has 1 aliphatic rings. The van der Waals surface area contributed by atoms with Crippen LogP contribution in [0.1, 0.15) is 33.1 Å². The first-order valence-corrected chi connectivity index (χ1v) is 7.91. The van der Waals surface area contributed by atoms with E-state index in [0.29, 0.717) is 6.42 Å². The molecule has 96 valence electrons. The molecule has 1 N–H and O–H groups in total. The first-order valence-electron chi connectivity index (χ1n) is 5.85. The molecule has 0 spiro atoms. The van der Waals surface area contributed by atoms with E-state index in [4.69, 9.17) is 4.74 Å². The molecule has 1 fully saturated rings. The van der Waals surface area contributed by atoms with Gasteiger partial charge < -0.3 is 10.1 Å². The molecular formula is C11H23NO3S. The molecule has 0 amide bonds. The van der Waals surface area contributed by atoms with Gasteiger partial charge in [0.1, 0.15) is 9.84 Å². The number of rotatable bonds is 6.